The van der Waals surface area contributed by atoms with Gasteiger partial charge in [0.25, 0.3) is 5.92 Å². The van der Waals surface area contributed by atoms with E-state index in [1.54, 1.807) is 0 Å². The van der Waals surface area contributed by atoms with Gasteiger partial charge in [-0.05, 0) is 30.2 Å². The SMILES string of the molecule is CC(C)c1ccc([C@](O)(c2cncc(C(O)C(C)(F)F)c2)C2(C)CN(C)C2)cc1. The van der Waals surface area contributed by atoms with Gasteiger partial charge in [0.2, 0.25) is 0 Å². The summed E-state index contributed by atoms with van der Waals surface area (Å²) >= 11 is 0. The van der Waals surface area contributed by atoms with E-state index in [1.165, 1.54) is 18.5 Å². The van der Waals surface area contributed by atoms with Crippen molar-refractivity contribution in [1.29, 1.82) is 0 Å². The van der Waals surface area contributed by atoms with Crippen molar-refractivity contribution in [3.05, 3.63) is 65.0 Å². The van der Waals surface area contributed by atoms with Gasteiger partial charge in [-0.15, -0.1) is 0 Å². The van der Waals surface area contributed by atoms with Gasteiger partial charge >= 0.3 is 0 Å². The average Bonchev–Trinajstić information content (AvgIpc) is 2.65. The smallest absolute Gasteiger partial charge is 0.274 e. The van der Waals surface area contributed by atoms with Crippen LogP contribution in [0.25, 0.3) is 0 Å². The van der Waals surface area contributed by atoms with Gasteiger partial charge in [-0.2, -0.15) is 0 Å². The summed E-state index contributed by atoms with van der Waals surface area (Å²) in [5, 5.41) is 22.1. The molecule has 2 atom stereocenters. The molecule has 1 saturated heterocycles. The molecule has 6 heteroatoms. The third kappa shape index (κ3) is 3.81. The highest BCUT2D eigenvalue weighted by atomic mass is 19.3. The van der Waals surface area contributed by atoms with Crippen LogP contribution in [0.1, 0.15) is 62.0 Å². The lowest BCUT2D eigenvalue weighted by molar-refractivity contribution is -0.128. The molecule has 0 spiro atoms. The number of hydrogen-bond donors (Lipinski definition) is 2. The van der Waals surface area contributed by atoms with Crippen molar-refractivity contribution in [1.82, 2.24) is 9.88 Å². The molecule has 0 bridgehead atoms. The van der Waals surface area contributed by atoms with Crippen LogP contribution in [0, 0.1) is 5.41 Å². The van der Waals surface area contributed by atoms with Crippen molar-refractivity contribution < 1.29 is 19.0 Å². The third-order valence-electron chi connectivity index (χ3n) is 6.08. The summed E-state index contributed by atoms with van der Waals surface area (Å²) in [4.78, 5) is 6.18. The molecule has 0 aliphatic carbocycles. The molecule has 1 aliphatic rings. The molecule has 29 heavy (non-hydrogen) atoms. The number of benzene rings is 1. The predicted molar refractivity (Wildman–Crippen MR) is 109 cm³/mol. The topological polar surface area (TPSA) is 56.6 Å². The predicted octanol–water partition coefficient (Wildman–Crippen LogP) is 4.08. The quantitative estimate of drug-likeness (QED) is 0.762. The normalized spacial score (nSPS) is 20.2. The van der Waals surface area contributed by atoms with Crippen LogP contribution >= 0.6 is 0 Å². The summed E-state index contributed by atoms with van der Waals surface area (Å²) in [5.74, 6) is -2.95. The Morgan fingerprint density at radius 3 is 2.14 bits per heavy atom. The Morgan fingerprint density at radius 2 is 1.66 bits per heavy atom. The summed E-state index contributed by atoms with van der Waals surface area (Å²) in [6.45, 7) is 8.15. The maximum absolute atomic E-state index is 13.7. The highest BCUT2D eigenvalue weighted by Gasteiger charge is 2.55. The molecule has 1 aliphatic heterocycles. The maximum atomic E-state index is 13.7. The molecule has 1 aromatic heterocycles. The minimum atomic E-state index is -3.31. The number of hydrogen-bond acceptors (Lipinski definition) is 4. The van der Waals surface area contributed by atoms with Gasteiger partial charge in [0.1, 0.15) is 11.7 Å². The van der Waals surface area contributed by atoms with Crippen LogP contribution in [0.5, 0.6) is 0 Å². The second-order valence-corrected chi connectivity index (χ2v) is 9.09. The number of likely N-dealkylation sites (tertiary alicyclic amines) is 1. The second-order valence-electron chi connectivity index (χ2n) is 9.09. The number of halogens is 2. The highest BCUT2D eigenvalue weighted by molar-refractivity contribution is 5.42. The lowest BCUT2D eigenvalue weighted by Gasteiger charge is -2.56. The molecule has 2 aromatic rings. The zero-order chi connectivity index (χ0) is 21.6. The summed E-state index contributed by atoms with van der Waals surface area (Å²) in [6, 6.07) is 9.23. The number of pyridine rings is 1. The largest absolute Gasteiger partial charge is 0.382 e. The molecule has 3 rings (SSSR count). The first-order valence-electron chi connectivity index (χ1n) is 9.91. The van der Waals surface area contributed by atoms with E-state index in [-0.39, 0.29) is 5.56 Å². The van der Waals surface area contributed by atoms with E-state index in [0.717, 1.165) is 5.56 Å². The molecule has 1 fully saturated rings. The zero-order valence-corrected chi connectivity index (χ0v) is 17.7. The van der Waals surface area contributed by atoms with Gasteiger partial charge in [-0.1, -0.05) is 45.0 Å². The number of rotatable bonds is 6. The summed E-state index contributed by atoms with van der Waals surface area (Å²) in [6.07, 6.45) is 0.743. The van der Waals surface area contributed by atoms with Crippen LogP contribution in [0.15, 0.2) is 42.7 Å². The molecular weight excluding hydrogens is 374 g/mol. The van der Waals surface area contributed by atoms with E-state index in [2.05, 4.69) is 23.7 Å². The van der Waals surface area contributed by atoms with Crippen molar-refractivity contribution in [2.75, 3.05) is 20.1 Å². The molecule has 2 heterocycles. The van der Waals surface area contributed by atoms with Crippen molar-refractivity contribution in [3.8, 4) is 0 Å². The summed E-state index contributed by atoms with van der Waals surface area (Å²) in [7, 11) is 1.97. The van der Waals surface area contributed by atoms with Gasteiger partial charge in [0.05, 0.1) is 0 Å². The highest BCUT2D eigenvalue weighted by Crippen LogP contribution is 2.50. The molecule has 1 unspecified atom stereocenters. The van der Waals surface area contributed by atoms with Crippen LogP contribution in [-0.4, -0.2) is 46.2 Å². The van der Waals surface area contributed by atoms with E-state index in [4.69, 9.17) is 0 Å². The zero-order valence-electron chi connectivity index (χ0n) is 17.7. The van der Waals surface area contributed by atoms with Crippen LogP contribution in [0.3, 0.4) is 0 Å². The Kier molecular flexibility index (Phi) is 5.58. The van der Waals surface area contributed by atoms with Gasteiger partial charge in [0.15, 0.2) is 0 Å². The van der Waals surface area contributed by atoms with Crippen molar-refractivity contribution in [3.63, 3.8) is 0 Å². The van der Waals surface area contributed by atoms with E-state index < -0.39 is 23.0 Å². The van der Waals surface area contributed by atoms with Gasteiger partial charge in [-0.3, -0.25) is 4.98 Å². The molecule has 0 saturated carbocycles. The monoisotopic (exact) mass is 404 g/mol. The molecular formula is C23H30F2N2O2. The van der Waals surface area contributed by atoms with Gasteiger partial charge < -0.3 is 15.1 Å². The molecule has 1 aromatic carbocycles. The fourth-order valence-corrected chi connectivity index (χ4v) is 4.44. The summed E-state index contributed by atoms with van der Waals surface area (Å²) < 4.78 is 27.4. The average molecular weight is 405 g/mol. The number of aliphatic hydroxyl groups is 2. The Balaban J connectivity index is 2.12. The number of aliphatic hydroxyl groups excluding tert-OH is 1. The van der Waals surface area contributed by atoms with E-state index in [1.807, 2.05) is 38.2 Å². The molecule has 0 radical (unpaired) electrons. The fourth-order valence-electron chi connectivity index (χ4n) is 4.44. The molecule has 0 amide bonds. The Morgan fingerprint density at radius 1 is 1.07 bits per heavy atom. The van der Waals surface area contributed by atoms with Gasteiger partial charge in [0, 0.05) is 48.9 Å². The van der Waals surface area contributed by atoms with E-state index in [9.17, 15) is 19.0 Å². The number of nitrogens with zero attached hydrogens (tertiary/aromatic N) is 2. The van der Waals surface area contributed by atoms with Crippen LogP contribution in [0.4, 0.5) is 8.78 Å². The Bertz CT molecular complexity index is 858. The molecule has 4 nitrogen and oxygen atoms in total. The first-order valence-corrected chi connectivity index (χ1v) is 9.91. The lowest BCUT2D eigenvalue weighted by Crippen LogP contribution is -2.63. The van der Waals surface area contributed by atoms with E-state index in [0.29, 0.717) is 37.1 Å². The van der Waals surface area contributed by atoms with Crippen LogP contribution in [0.2, 0.25) is 0 Å². The Labute approximate surface area is 171 Å². The second kappa shape index (κ2) is 7.42. The minimum absolute atomic E-state index is 0.0106. The first-order chi connectivity index (χ1) is 13.4. The van der Waals surface area contributed by atoms with Crippen molar-refractivity contribution in [2.45, 2.75) is 51.2 Å². The van der Waals surface area contributed by atoms with Gasteiger partial charge in [-0.25, -0.2) is 8.78 Å². The molecule has 2 N–H and O–H groups in total. The standard InChI is InChI=1S/C23H30F2N2O2/c1-15(2)16-6-8-18(9-7-16)23(29,21(3)13-27(5)14-21)19-10-17(11-26-12-19)20(28)22(4,24)25/h6-12,15,20,28-29H,13-14H2,1-5H3/t20?,23-/m0/s1. The maximum Gasteiger partial charge on any atom is 0.274 e. The van der Waals surface area contributed by atoms with Crippen LogP contribution < -0.4 is 0 Å². The molecule has 158 valence electrons. The minimum Gasteiger partial charge on any atom is -0.382 e. The van der Waals surface area contributed by atoms with Crippen molar-refractivity contribution >= 4 is 0 Å². The fraction of sp³-hybridized carbons (Fsp3) is 0.522. The number of alkyl halides is 2. The number of aromatic nitrogens is 1. The lowest BCUT2D eigenvalue weighted by atomic mass is 9.62. The van der Waals surface area contributed by atoms with Crippen molar-refractivity contribution in [2.24, 2.45) is 5.41 Å². The van der Waals surface area contributed by atoms with Crippen LogP contribution in [-0.2, 0) is 5.60 Å². The van der Waals surface area contributed by atoms with E-state index >= 15 is 0 Å². The summed E-state index contributed by atoms with van der Waals surface area (Å²) in [5.41, 5.74) is 0.283. The first kappa shape index (κ1) is 21.8. The third-order valence-corrected chi connectivity index (χ3v) is 6.08. The Hall–Kier alpha value is -1.89.